The number of carboxylic acids is 1. The molecule has 1 fully saturated rings. The quantitative estimate of drug-likeness (QED) is 0.745. The maximum Gasteiger partial charge on any atom is 0.335 e. The maximum absolute atomic E-state index is 12.9. The Bertz CT molecular complexity index is 857. The van der Waals surface area contributed by atoms with Crippen molar-refractivity contribution in [2.24, 2.45) is 5.92 Å². The van der Waals surface area contributed by atoms with E-state index < -0.39 is 5.97 Å². The van der Waals surface area contributed by atoms with E-state index in [2.05, 4.69) is 11.6 Å². The lowest BCUT2D eigenvalue weighted by Crippen LogP contribution is -2.39. The summed E-state index contributed by atoms with van der Waals surface area (Å²) in [7, 11) is 0. The van der Waals surface area contributed by atoms with Crippen LogP contribution in [-0.4, -0.2) is 46.6 Å². The van der Waals surface area contributed by atoms with Crippen LogP contribution in [0.2, 0.25) is 0 Å². The number of aromatic carboxylic acids is 1. The summed E-state index contributed by atoms with van der Waals surface area (Å²) in [5.41, 5.74) is 1.53. The van der Waals surface area contributed by atoms with Gasteiger partial charge in [0.1, 0.15) is 6.61 Å². The molecule has 28 heavy (non-hydrogen) atoms. The van der Waals surface area contributed by atoms with Crippen LogP contribution in [0.1, 0.15) is 39.3 Å². The summed E-state index contributed by atoms with van der Waals surface area (Å²) in [6.07, 6.45) is 5.58. The van der Waals surface area contributed by atoms with Gasteiger partial charge in [-0.3, -0.25) is 4.79 Å². The second-order valence-corrected chi connectivity index (χ2v) is 6.85. The first-order valence-electron chi connectivity index (χ1n) is 9.39. The molecule has 0 unspecified atom stereocenters. The lowest BCUT2D eigenvalue weighted by atomic mass is 9.88. The van der Waals surface area contributed by atoms with E-state index in [-0.39, 0.29) is 5.91 Å². The summed E-state index contributed by atoms with van der Waals surface area (Å²) in [4.78, 5) is 30.3. The highest BCUT2D eigenvalue weighted by molar-refractivity contribution is 5.95. The topological polar surface area (TPSA) is 79.7 Å². The zero-order valence-electron chi connectivity index (χ0n) is 15.7. The van der Waals surface area contributed by atoms with Crippen LogP contribution in [0.4, 0.5) is 0 Å². The number of aromatic nitrogens is 1. The van der Waals surface area contributed by atoms with E-state index in [9.17, 15) is 14.7 Å². The van der Waals surface area contributed by atoms with Crippen LogP contribution in [0.15, 0.2) is 55.3 Å². The number of pyridine rings is 1. The molecule has 0 spiro atoms. The van der Waals surface area contributed by atoms with Gasteiger partial charge in [-0.1, -0.05) is 30.9 Å². The first-order chi connectivity index (χ1) is 13.6. The predicted molar refractivity (Wildman–Crippen MR) is 106 cm³/mol. The van der Waals surface area contributed by atoms with Crippen LogP contribution in [0.3, 0.4) is 0 Å². The van der Waals surface area contributed by atoms with E-state index in [1.807, 2.05) is 12.1 Å². The number of carbonyl (C=O) groups is 2. The van der Waals surface area contributed by atoms with Gasteiger partial charge in [0.05, 0.1) is 5.56 Å². The van der Waals surface area contributed by atoms with Gasteiger partial charge in [-0.15, -0.1) is 0 Å². The third kappa shape index (κ3) is 4.57. The molecule has 146 valence electrons. The van der Waals surface area contributed by atoms with Crippen LogP contribution < -0.4 is 4.74 Å². The first-order valence-corrected chi connectivity index (χ1v) is 9.39. The van der Waals surface area contributed by atoms with Gasteiger partial charge in [-0.2, -0.15) is 0 Å². The normalized spacial score (nSPS) is 14.5. The van der Waals surface area contributed by atoms with Crippen LogP contribution >= 0.6 is 0 Å². The summed E-state index contributed by atoms with van der Waals surface area (Å²) >= 11 is 0. The fraction of sp³-hybridized carbons (Fsp3) is 0.318. The van der Waals surface area contributed by atoms with Crippen molar-refractivity contribution in [2.45, 2.75) is 19.3 Å². The minimum absolute atomic E-state index is 0.135. The van der Waals surface area contributed by atoms with Gasteiger partial charge in [0.25, 0.3) is 5.91 Å². The molecule has 1 amide bonds. The summed E-state index contributed by atoms with van der Waals surface area (Å²) < 4.78 is 5.55. The van der Waals surface area contributed by atoms with Crippen LogP contribution in [-0.2, 0) is 6.42 Å². The highest BCUT2D eigenvalue weighted by atomic mass is 16.5. The van der Waals surface area contributed by atoms with Crippen LogP contribution in [0, 0.1) is 5.92 Å². The Morgan fingerprint density at radius 1 is 1.21 bits per heavy atom. The minimum atomic E-state index is -0.898. The largest absolute Gasteiger partial charge is 0.487 e. The Morgan fingerprint density at radius 3 is 2.68 bits per heavy atom. The highest BCUT2D eigenvalue weighted by Gasteiger charge is 2.27. The number of carboxylic acid groups (broad SMARTS) is 1. The lowest BCUT2D eigenvalue weighted by Gasteiger charge is -2.32. The number of rotatable bonds is 7. The van der Waals surface area contributed by atoms with E-state index in [0.717, 1.165) is 18.4 Å². The molecule has 2 aromatic rings. The van der Waals surface area contributed by atoms with Crippen LogP contribution in [0.5, 0.6) is 5.75 Å². The number of carbonyl (C=O) groups excluding carboxylic acids is 1. The van der Waals surface area contributed by atoms with Gasteiger partial charge in [-0.25, -0.2) is 9.78 Å². The fourth-order valence-electron chi connectivity index (χ4n) is 3.52. The maximum atomic E-state index is 12.9. The second-order valence-electron chi connectivity index (χ2n) is 6.85. The van der Waals surface area contributed by atoms with Gasteiger partial charge >= 0.3 is 5.97 Å². The van der Waals surface area contributed by atoms with E-state index in [1.54, 1.807) is 41.4 Å². The number of hydrogen-bond donors (Lipinski definition) is 1. The number of amides is 1. The molecule has 1 aromatic carbocycles. The summed E-state index contributed by atoms with van der Waals surface area (Å²) in [6, 6.07) is 10.6. The molecule has 1 saturated heterocycles. The summed E-state index contributed by atoms with van der Waals surface area (Å²) in [5.74, 6) is -0.218. The van der Waals surface area contributed by atoms with Crippen molar-refractivity contribution in [1.29, 1.82) is 0 Å². The van der Waals surface area contributed by atoms with Gasteiger partial charge in [0, 0.05) is 19.3 Å². The molecule has 6 nitrogen and oxygen atoms in total. The molecular formula is C22H24N2O4. The summed E-state index contributed by atoms with van der Waals surface area (Å²) in [6.45, 7) is 5.18. The molecule has 1 N–H and O–H groups in total. The van der Waals surface area contributed by atoms with Gasteiger partial charge in [-0.05, 0) is 48.9 Å². The molecule has 6 heteroatoms. The van der Waals surface area contributed by atoms with Crippen molar-refractivity contribution in [3.8, 4) is 5.75 Å². The van der Waals surface area contributed by atoms with Crippen molar-refractivity contribution in [3.63, 3.8) is 0 Å². The molecule has 2 heterocycles. The smallest absolute Gasteiger partial charge is 0.335 e. The molecular weight excluding hydrogens is 356 g/mol. The fourth-order valence-corrected chi connectivity index (χ4v) is 3.52. The SMILES string of the molecule is C=CCOc1cccnc1C(=O)N1CCC(Cc2ccccc2C(=O)O)CC1. The van der Waals surface area contributed by atoms with Crippen LogP contribution in [0.25, 0.3) is 0 Å². The number of piperidine rings is 1. The van der Waals surface area contributed by atoms with E-state index in [4.69, 9.17) is 4.74 Å². The standard InChI is InChI=1S/C22H24N2O4/c1-2-14-28-19-8-5-11-23-20(19)21(25)24-12-9-16(10-13-24)15-17-6-3-4-7-18(17)22(26)27/h2-8,11,16H,1,9-10,12-15H2,(H,26,27). The first kappa shape index (κ1) is 19.6. The molecule has 1 aromatic heterocycles. The van der Waals surface area contributed by atoms with Crippen molar-refractivity contribution in [3.05, 3.63) is 72.1 Å². The van der Waals surface area contributed by atoms with Crippen molar-refractivity contribution in [2.75, 3.05) is 19.7 Å². The second kappa shape index (κ2) is 9.17. The van der Waals surface area contributed by atoms with Gasteiger partial charge in [0.2, 0.25) is 0 Å². The number of likely N-dealkylation sites (tertiary alicyclic amines) is 1. The molecule has 0 radical (unpaired) electrons. The molecule has 1 aliphatic heterocycles. The predicted octanol–water partition coefficient (Wildman–Crippen LogP) is 3.44. The van der Waals surface area contributed by atoms with Gasteiger partial charge in [0.15, 0.2) is 11.4 Å². The lowest BCUT2D eigenvalue weighted by molar-refractivity contribution is 0.0680. The van der Waals surface area contributed by atoms with E-state index in [0.29, 0.717) is 49.0 Å². The molecule has 0 aliphatic carbocycles. The monoisotopic (exact) mass is 380 g/mol. The Morgan fingerprint density at radius 2 is 1.96 bits per heavy atom. The third-order valence-corrected chi connectivity index (χ3v) is 4.99. The number of benzene rings is 1. The Hall–Kier alpha value is -3.15. The zero-order valence-corrected chi connectivity index (χ0v) is 15.7. The number of hydrogen-bond acceptors (Lipinski definition) is 4. The van der Waals surface area contributed by atoms with E-state index >= 15 is 0 Å². The van der Waals surface area contributed by atoms with Gasteiger partial charge < -0.3 is 14.7 Å². The molecule has 3 rings (SSSR count). The van der Waals surface area contributed by atoms with Crippen molar-refractivity contribution in [1.82, 2.24) is 9.88 Å². The number of nitrogens with zero attached hydrogens (tertiary/aromatic N) is 2. The Balaban J connectivity index is 1.62. The molecule has 1 aliphatic rings. The average molecular weight is 380 g/mol. The van der Waals surface area contributed by atoms with Crippen molar-refractivity contribution < 1.29 is 19.4 Å². The van der Waals surface area contributed by atoms with E-state index in [1.165, 1.54) is 0 Å². The zero-order chi connectivity index (χ0) is 19.9. The Kier molecular flexibility index (Phi) is 6.42. The Labute approximate surface area is 164 Å². The average Bonchev–Trinajstić information content (AvgIpc) is 2.73. The van der Waals surface area contributed by atoms with Crippen molar-refractivity contribution >= 4 is 11.9 Å². The molecule has 0 atom stereocenters. The highest BCUT2D eigenvalue weighted by Crippen LogP contribution is 2.26. The minimum Gasteiger partial charge on any atom is -0.487 e. The summed E-state index contributed by atoms with van der Waals surface area (Å²) in [5, 5.41) is 9.35. The molecule has 0 saturated carbocycles. The third-order valence-electron chi connectivity index (χ3n) is 4.99. The molecule has 0 bridgehead atoms. The number of ether oxygens (including phenoxy) is 1.